The SMILES string of the molecule is CC(C)NC1CCCN(C(C)CS(C)(=O)=O)C1=O. The van der Waals surface area contributed by atoms with Crippen LogP contribution in [0.3, 0.4) is 0 Å². The number of sulfone groups is 1. The molecule has 0 bridgehead atoms. The van der Waals surface area contributed by atoms with Gasteiger partial charge < -0.3 is 10.2 Å². The number of likely N-dealkylation sites (tertiary alicyclic amines) is 1. The summed E-state index contributed by atoms with van der Waals surface area (Å²) in [6, 6.07) is -0.158. The Morgan fingerprint density at radius 1 is 1.39 bits per heavy atom. The molecule has 0 spiro atoms. The Bertz CT molecular complexity index is 392. The fourth-order valence-corrected chi connectivity index (χ4v) is 3.48. The third-order valence-corrected chi connectivity index (χ3v) is 4.17. The van der Waals surface area contributed by atoms with Gasteiger partial charge in [-0.05, 0) is 19.8 Å². The van der Waals surface area contributed by atoms with Gasteiger partial charge in [0, 0.05) is 24.9 Å². The van der Waals surface area contributed by atoms with Crippen molar-refractivity contribution < 1.29 is 13.2 Å². The van der Waals surface area contributed by atoms with Gasteiger partial charge in [0.2, 0.25) is 5.91 Å². The molecule has 2 unspecified atom stereocenters. The third-order valence-electron chi connectivity index (χ3n) is 3.08. The van der Waals surface area contributed by atoms with Crippen LogP contribution in [-0.2, 0) is 14.6 Å². The highest BCUT2D eigenvalue weighted by molar-refractivity contribution is 7.90. The summed E-state index contributed by atoms with van der Waals surface area (Å²) in [6.07, 6.45) is 2.96. The molecule has 1 amide bonds. The molecule has 1 heterocycles. The smallest absolute Gasteiger partial charge is 0.239 e. The van der Waals surface area contributed by atoms with E-state index in [9.17, 15) is 13.2 Å². The summed E-state index contributed by atoms with van der Waals surface area (Å²) in [4.78, 5) is 14.0. The molecular weight excluding hydrogens is 252 g/mol. The molecule has 0 aliphatic carbocycles. The Morgan fingerprint density at radius 3 is 2.50 bits per heavy atom. The van der Waals surface area contributed by atoms with Gasteiger partial charge in [-0.15, -0.1) is 0 Å². The number of hydrogen-bond acceptors (Lipinski definition) is 4. The fourth-order valence-electron chi connectivity index (χ4n) is 2.42. The van der Waals surface area contributed by atoms with Crippen LogP contribution in [0.15, 0.2) is 0 Å². The van der Waals surface area contributed by atoms with E-state index in [0.29, 0.717) is 6.54 Å². The van der Waals surface area contributed by atoms with Crippen molar-refractivity contribution in [3.63, 3.8) is 0 Å². The number of hydrogen-bond donors (Lipinski definition) is 1. The number of amides is 1. The van der Waals surface area contributed by atoms with Gasteiger partial charge >= 0.3 is 0 Å². The van der Waals surface area contributed by atoms with Crippen molar-refractivity contribution in [3.8, 4) is 0 Å². The fraction of sp³-hybridized carbons (Fsp3) is 0.917. The highest BCUT2D eigenvalue weighted by atomic mass is 32.2. The molecule has 1 aliphatic rings. The van der Waals surface area contributed by atoms with Crippen LogP contribution in [0.25, 0.3) is 0 Å². The van der Waals surface area contributed by atoms with Gasteiger partial charge in [-0.1, -0.05) is 13.8 Å². The van der Waals surface area contributed by atoms with Gasteiger partial charge in [-0.3, -0.25) is 4.79 Å². The van der Waals surface area contributed by atoms with E-state index in [-0.39, 0.29) is 29.8 Å². The average Bonchev–Trinajstić information content (AvgIpc) is 2.17. The van der Waals surface area contributed by atoms with Crippen LogP contribution >= 0.6 is 0 Å². The van der Waals surface area contributed by atoms with Crippen LogP contribution in [0, 0.1) is 0 Å². The quantitative estimate of drug-likeness (QED) is 0.790. The number of nitrogens with zero attached hydrogens (tertiary/aromatic N) is 1. The van der Waals surface area contributed by atoms with E-state index in [1.54, 1.807) is 11.8 Å². The van der Waals surface area contributed by atoms with Crippen LogP contribution < -0.4 is 5.32 Å². The van der Waals surface area contributed by atoms with Gasteiger partial charge in [-0.2, -0.15) is 0 Å². The molecule has 106 valence electrons. The first kappa shape index (κ1) is 15.4. The predicted molar refractivity (Wildman–Crippen MR) is 72.2 cm³/mol. The van der Waals surface area contributed by atoms with Gasteiger partial charge in [0.05, 0.1) is 11.8 Å². The zero-order valence-corrected chi connectivity index (χ0v) is 12.5. The monoisotopic (exact) mass is 276 g/mol. The zero-order valence-electron chi connectivity index (χ0n) is 11.6. The van der Waals surface area contributed by atoms with E-state index in [1.165, 1.54) is 6.26 Å². The van der Waals surface area contributed by atoms with E-state index in [0.717, 1.165) is 12.8 Å². The lowest BCUT2D eigenvalue weighted by Crippen LogP contribution is -2.55. The molecule has 1 aliphatic heterocycles. The molecular formula is C12H24N2O3S. The van der Waals surface area contributed by atoms with Crippen molar-refractivity contribution >= 4 is 15.7 Å². The van der Waals surface area contributed by atoms with Crippen LogP contribution in [-0.4, -0.2) is 55.9 Å². The summed E-state index contributed by atoms with van der Waals surface area (Å²) in [5.41, 5.74) is 0. The maximum Gasteiger partial charge on any atom is 0.239 e. The van der Waals surface area contributed by atoms with Crippen LogP contribution in [0.4, 0.5) is 0 Å². The van der Waals surface area contributed by atoms with Crippen LogP contribution in [0.1, 0.15) is 33.6 Å². The molecule has 18 heavy (non-hydrogen) atoms. The summed E-state index contributed by atoms with van der Waals surface area (Å²) in [7, 11) is -3.05. The molecule has 0 saturated carbocycles. The van der Waals surface area contributed by atoms with Crippen molar-refractivity contribution in [2.75, 3.05) is 18.6 Å². The molecule has 6 heteroatoms. The zero-order chi connectivity index (χ0) is 13.9. The first-order valence-corrected chi connectivity index (χ1v) is 8.51. The van der Waals surface area contributed by atoms with E-state index >= 15 is 0 Å². The Balaban J connectivity index is 2.68. The molecule has 0 aromatic heterocycles. The van der Waals surface area contributed by atoms with Crippen molar-refractivity contribution in [1.82, 2.24) is 10.2 Å². The molecule has 5 nitrogen and oxygen atoms in total. The van der Waals surface area contributed by atoms with Crippen LogP contribution in [0.2, 0.25) is 0 Å². The Hall–Kier alpha value is -0.620. The number of carbonyl (C=O) groups is 1. The molecule has 1 rings (SSSR count). The number of carbonyl (C=O) groups excluding carboxylic acids is 1. The minimum atomic E-state index is -3.05. The lowest BCUT2D eigenvalue weighted by atomic mass is 10.0. The molecule has 2 atom stereocenters. The Labute approximate surface area is 110 Å². The van der Waals surface area contributed by atoms with Gasteiger partial charge in [0.1, 0.15) is 9.84 Å². The minimum Gasteiger partial charge on any atom is -0.338 e. The third kappa shape index (κ3) is 4.57. The van der Waals surface area contributed by atoms with Gasteiger partial charge in [0.15, 0.2) is 0 Å². The maximum absolute atomic E-state index is 12.3. The van der Waals surface area contributed by atoms with E-state index in [2.05, 4.69) is 5.32 Å². The molecule has 1 N–H and O–H groups in total. The maximum atomic E-state index is 12.3. The largest absolute Gasteiger partial charge is 0.338 e. The lowest BCUT2D eigenvalue weighted by Gasteiger charge is -2.37. The molecule has 0 radical (unpaired) electrons. The minimum absolute atomic E-state index is 0.0334. The van der Waals surface area contributed by atoms with E-state index in [4.69, 9.17) is 0 Å². The first-order chi connectivity index (χ1) is 8.20. The molecule has 1 saturated heterocycles. The van der Waals surface area contributed by atoms with Crippen molar-refractivity contribution in [2.45, 2.75) is 51.7 Å². The summed E-state index contributed by atoms with van der Waals surface area (Å²) in [6.45, 7) is 6.47. The van der Waals surface area contributed by atoms with Crippen LogP contribution in [0.5, 0.6) is 0 Å². The Morgan fingerprint density at radius 2 is 2.00 bits per heavy atom. The van der Waals surface area contributed by atoms with E-state index < -0.39 is 9.84 Å². The highest BCUT2D eigenvalue weighted by Gasteiger charge is 2.32. The van der Waals surface area contributed by atoms with E-state index in [1.807, 2.05) is 13.8 Å². The second-order valence-corrected chi connectivity index (χ2v) is 7.67. The number of rotatable bonds is 5. The second kappa shape index (κ2) is 6.02. The topological polar surface area (TPSA) is 66.5 Å². The van der Waals surface area contributed by atoms with Crippen molar-refractivity contribution in [3.05, 3.63) is 0 Å². The predicted octanol–water partition coefficient (Wildman–Crippen LogP) is 0.409. The highest BCUT2D eigenvalue weighted by Crippen LogP contribution is 2.16. The Kier molecular flexibility index (Phi) is 5.16. The lowest BCUT2D eigenvalue weighted by molar-refractivity contribution is -0.137. The summed E-state index contributed by atoms with van der Waals surface area (Å²) in [5.74, 6) is 0.0683. The molecule has 1 fully saturated rings. The first-order valence-electron chi connectivity index (χ1n) is 6.45. The average molecular weight is 276 g/mol. The van der Waals surface area contributed by atoms with Gasteiger partial charge in [-0.25, -0.2) is 8.42 Å². The molecule has 0 aromatic carbocycles. The summed E-state index contributed by atoms with van der Waals surface area (Å²) >= 11 is 0. The van der Waals surface area contributed by atoms with Crippen molar-refractivity contribution in [1.29, 1.82) is 0 Å². The number of piperidine rings is 1. The number of nitrogens with one attached hydrogen (secondary N) is 1. The second-order valence-electron chi connectivity index (χ2n) is 5.49. The normalized spacial score (nSPS) is 23.5. The van der Waals surface area contributed by atoms with Gasteiger partial charge in [0.25, 0.3) is 0 Å². The van der Waals surface area contributed by atoms with Crippen molar-refractivity contribution in [2.24, 2.45) is 0 Å². The molecule has 0 aromatic rings. The summed E-state index contributed by atoms with van der Waals surface area (Å²) in [5, 5.41) is 3.24. The standard InChI is InChI=1S/C12H24N2O3S/c1-9(2)13-11-6-5-7-14(12(11)15)10(3)8-18(4,16)17/h9-11,13H,5-8H2,1-4H3. The summed E-state index contributed by atoms with van der Waals surface area (Å²) < 4.78 is 22.6.